The van der Waals surface area contributed by atoms with Gasteiger partial charge in [-0.3, -0.25) is 4.79 Å². The van der Waals surface area contributed by atoms with E-state index < -0.39 is 16.1 Å². The minimum atomic E-state index is -3.78. The molecule has 1 atom stereocenters. The molecular formula is C20H26N2O5S. The molecule has 28 heavy (non-hydrogen) atoms. The Labute approximate surface area is 165 Å². The SMILES string of the molecule is CC(=O)Nc1ccc(S(=O)(=O)NCC(OCCO)c2ccc(C)cc2)c(C)c1. The topological polar surface area (TPSA) is 105 Å². The fraction of sp³-hybridized carbons (Fsp3) is 0.350. The van der Waals surface area contributed by atoms with Gasteiger partial charge in [0.15, 0.2) is 0 Å². The molecule has 0 spiro atoms. The van der Waals surface area contributed by atoms with Gasteiger partial charge in [0.05, 0.1) is 24.2 Å². The summed E-state index contributed by atoms with van der Waals surface area (Å²) in [6, 6.07) is 12.2. The first-order chi connectivity index (χ1) is 13.2. The lowest BCUT2D eigenvalue weighted by Gasteiger charge is -2.19. The van der Waals surface area contributed by atoms with Gasteiger partial charge in [-0.05, 0) is 43.2 Å². The monoisotopic (exact) mass is 406 g/mol. The number of sulfonamides is 1. The number of hydrogen-bond donors (Lipinski definition) is 3. The summed E-state index contributed by atoms with van der Waals surface area (Å²) in [5, 5.41) is 11.7. The number of nitrogens with one attached hydrogen (secondary N) is 2. The highest BCUT2D eigenvalue weighted by Gasteiger charge is 2.20. The summed E-state index contributed by atoms with van der Waals surface area (Å²) < 4.78 is 33.7. The van der Waals surface area contributed by atoms with E-state index in [-0.39, 0.29) is 30.6 Å². The Morgan fingerprint density at radius 3 is 2.39 bits per heavy atom. The van der Waals surface area contributed by atoms with Crippen LogP contribution in [0.3, 0.4) is 0 Å². The van der Waals surface area contributed by atoms with Gasteiger partial charge in [0.2, 0.25) is 15.9 Å². The third-order valence-corrected chi connectivity index (χ3v) is 5.69. The smallest absolute Gasteiger partial charge is 0.240 e. The highest BCUT2D eigenvalue weighted by atomic mass is 32.2. The van der Waals surface area contributed by atoms with Crippen molar-refractivity contribution in [1.29, 1.82) is 0 Å². The third-order valence-electron chi connectivity index (χ3n) is 4.10. The quantitative estimate of drug-likeness (QED) is 0.593. The van der Waals surface area contributed by atoms with Crippen LogP contribution in [0.4, 0.5) is 5.69 Å². The molecule has 0 aliphatic carbocycles. The summed E-state index contributed by atoms with van der Waals surface area (Å²) in [6.45, 7) is 4.99. The van der Waals surface area contributed by atoms with E-state index in [1.54, 1.807) is 19.1 Å². The minimum Gasteiger partial charge on any atom is -0.394 e. The third kappa shape index (κ3) is 6.13. The van der Waals surface area contributed by atoms with Crippen molar-refractivity contribution in [3.05, 3.63) is 59.2 Å². The normalized spacial score (nSPS) is 12.6. The van der Waals surface area contributed by atoms with Crippen LogP contribution < -0.4 is 10.0 Å². The average molecular weight is 407 g/mol. The van der Waals surface area contributed by atoms with Crippen LogP contribution in [0.2, 0.25) is 0 Å². The maximum absolute atomic E-state index is 12.7. The van der Waals surface area contributed by atoms with E-state index >= 15 is 0 Å². The minimum absolute atomic E-state index is 0.0261. The second-order valence-electron chi connectivity index (χ2n) is 6.51. The molecule has 0 fully saturated rings. The first-order valence-electron chi connectivity index (χ1n) is 8.90. The van der Waals surface area contributed by atoms with Crippen LogP contribution in [0.25, 0.3) is 0 Å². The van der Waals surface area contributed by atoms with E-state index in [9.17, 15) is 13.2 Å². The molecule has 3 N–H and O–H groups in total. The first-order valence-corrected chi connectivity index (χ1v) is 10.4. The van der Waals surface area contributed by atoms with Crippen molar-refractivity contribution in [2.75, 3.05) is 25.1 Å². The number of rotatable bonds is 9. The molecular weight excluding hydrogens is 380 g/mol. The predicted molar refractivity (Wildman–Crippen MR) is 108 cm³/mol. The largest absolute Gasteiger partial charge is 0.394 e. The van der Waals surface area contributed by atoms with Crippen LogP contribution in [0.1, 0.15) is 29.7 Å². The van der Waals surface area contributed by atoms with Crippen LogP contribution in [0, 0.1) is 13.8 Å². The van der Waals surface area contributed by atoms with Gasteiger partial charge in [-0.25, -0.2) is 13.1 Å². The Morgan fingerprint density at radius 2 is 1.82 bits per heavy atom. The standard InChI is InChI=1S/C20H26N2O5S/c1-14-4-6-17(7-5-14)19(27-11-10-23)13-21-28(25,26)20-9-8-18(12-15(20)2)22-16(3)24/h4-9,12,19,21,23H,10-11,13H2,1-3H3,(H,22,24). The Bertz CT molecular complexity index is 911. The van der Waals surface area contributed by atoms with Crippen LogP contribution in [0.5, 0.6) is 0 Å². The second-order valence-corrected chi connectivity index (χ2v) is 8.24. The molecule has 0 aromatic heterocycles. The zero-order valence-corrected chi connectivity index (χ0v) is 17.0. The van der Waals surface area contributed by atoms with Crippen molar-refractivity contribution in [3.8, 4) is 0 Å². The fourth-order valence-corrected chi connectivity index (χ4v) is 4.00. The van der Waals surface area contributed by atoms with Crippen LogP contribution >= 0.6 is 0 Å². The predicted octanol–water partition coefficient (Wildman–Crippen LogP) is 2.29. The number of carbonyl (C=O) groups excluding carboxylic acids is 1. The number of hydrogen-bond acceptors (Lipinski definition) is 5. The van der Waals surface area contributed by atoms with Crippen LogP contribution in [-0.2, 0) is 19.6 Å². The van der Waals surface area contributed by atoms with Crippen molar-refractivity contribution in [2.45, 2.75) is 31.8 Å². The number of amides is 1. The molecule has 0 radical (unpaired) electrons. The molecule has 0 aliphatic heterocycles. The molecule has 2 aromatic carbocycles. The second kappa shape index (κ2) is 9.79. The number of aliphatic hydroxyl groups excluding tert-OH is 1. The molecule has 152 valence electrons. The highest BCUT2D eigenvalue weighted by Crippen LogP contribution is 2.22. The summed E-state index contributed by atoms with van der Waals surface area (Å²) in [6.07, 6.45) is -0.526. The molecule has 0 heterocycles. The van der Waals surface area contributed by atoms with Crippen molar-refractivity contribution in [1.82, 2.24) is 4.72 Å². The molecule has 1 amide bonds. The van der Waals surface area contributed by atoms with Gasteiger partial charge in [-0.1, -0.05) is 29.8 Å². The molecule has 0 saturated carbocycles. The Balaban J connectivity index is 2.16. The summed E-state index contributed by atoms with van der Waals surface area (Å²) in [5.74, 6) is -0.227. The van der Waals surface area contributed by atoms with Crippen molar-refractivity contribution < 1.29 is 23.1 Å². The first kappa shape index (κ1) is 22.0. The average Bonchev–Trinajstić information content (AvgIpc) is 2.62. The summed E-state index contributed by atoms with van der Waals surface area (Å²) in [5.41, 5.74) is 2.95. The lowest BCUT2D eigenvalue weighted by molar-refractivity contribution is -0.114. The number of anilines is 1. The van der Waals surface area contributed by atoms with Gasteiger partial charge >= 0.3 is 0 Å². The van der Waals surface area contributed by atoms with Gasteiger partial charge < -0.3 is 15.2 Å². The van der Waals surface area contributed by atoms with E-state index in [0.29, 0.717) is 11.3 Å². The van der Waals surface area contributed by atoms with Crippen molar-refractivity contribution >= 4 is 21.6 Å². The summed E-state index contributed by atoms with van der Waals surface area (Å²) in [7, 11) is -3.78. The molecule has 0 aliphatic rings. The van der Waals surface area contributed by atoms with E-state index in [1.807, 2.05) is 31.2 Å². The van der Waals surface area contributed by atoms with Gasteiger partial charge in [0.25, 0.3) is 0 Å². The summed E-state index contributed by atoms with van der Waals surface area (Å²) in [4.78, 5) is 11.3. The number of aryl methyl sites for hydroxylation is 2. The molecule has 8 heteroatoms. The van der Waals surface area contributed by atoms with E-state index in [0.717, 1.165) is 11.1 Å². The fourth-order valence-electron chi connectivity index (χ4n) is 2.74. The van der Waals surface area contributed by atoms with E-state index in [2.05, 4.69) is 10.0 Å². The van der Waals surface area contributed by atoms with Crippen molar-refractivity contribution in [3.63, 3.8) is 0 Å². The number of benzene rings is 2. The van der Waals surface area contributed by atoms with Crippen LogP contribution in [-0.4, -0.2) is 39.2 Å². The maximum atomic E-state index is 12.7. The molecule has 0 saturated heterocycles. The molecule has 1 unspecified atom stereocenters. The Kier molecular flexibility index (Phi) is 7.70. The van der Waals surface area contributed by atoms with E-state index in [1.165, 1.54) is 13.0 Å². The van der Waals surface area contributed by atoms with Crippen LogP contribution in [0.15, 0.2) is 47.4 Å². The zero-order chi connectivity index (χ0) is 20.7. The lowest BCUT2D eigenvalue weighted by atomic mass is 10.1. The Hall–Kier alpha value is -2.26. The molecule has 2 rings (SSSR count). The highest BCUT2D eigenvalue weighted by molar-refractivity contribution is 7.89. The van der Waals surface area contributed by atoms with Gasteiger partial charge in [-0.2, -0.15) is 0 Å². The lowest BCUT2D eigenvalue weighted by Crippen LogP contribution is -2.30. The molecule has 0 bridgehead atoms. The number of aliphatic hydroxyl groups is 1. The van der Waals surface area contributed by atoms with Gasteiger partial charge in [0.1, 0.15) is 0 Å². The Morgan fingerprint density at radius 1 is 1.14 bits per heavy atom. The van der Waals surface area contributed by atoms with Crippen molar-refractivity contribution in [2.24, 2.45) is 0 Å². The van der Waals surface area contributed by atoms with Gasteiger partial charge in [-0.15, -0.1) is 0 Å². The molecule has 7 nitrogen and oxygen atoms in total. The number of carbonyl (C=O) groups is 1. The van der Waals surface area contributed by atoms with Gasteiger partial charge in [0, 0.05) is 19.2 Å². The maximum Gasteiger partial charge on any atom is 0.240 e. The zero-order valence-electron chi connectivity index (χ0n) is 16.2. The van der Waals surface area contributed by atoms with E-state index in [4.69, 9.17) is 9.84 Å². The number of ether oxygens (including phenoxy) is 1. The molecule has 2 aromatic rings. The summed E-state index contributed by atoms with van der Waals surface area (Å²) >= 11 is 0.